The van der Waals surface area contributed by atoms with E-state index in [1.807, 2.05) is 0 Å². The Kier molecular flexibility index (Phi) is 5.43. The van der Waals surface area contributed by atoms with Crippen LogP contribution < -0.4 is 16.6 Å². The first-order chi connectivity index (χ1) is 11.7. The molecule has 0 saturated heterocycles. The lowest BCUT2D eigenvalue weighted by Gasteiger charge is -2.15. The second kappa shape index (κ2) is 7.35. The van der Waals surface area contributed by atoms with Crippen LogP contribution in [0.4, 0.5) is 15.8 Å². The lowest BCUT2D eigenvalue weighted by molar-refractivity contribution is -0.144. The zero-order chi connectivity index (χ0) is 18.7. The Hall–Kier alpha value is -2.87. The Morgan fingerprint density at radius 2 is 2.04 bits per heavy atom. The second-order valence-electron chi connectivity index (χ2n) is 5.17. The average molecular weight is 368 g/mol. The second-order valence-corrected chi connectivity index (χ2v) is 5.58. The molecule has 1 heterocycles. The van der Waals surface area contributed by atoms with Gasteiger partial charge in [0.05, 0.1) is 17.8 Å². The van der Waals surface area contributed by atoms with Gasteiger partial charge in [-0.15, -0.1) is 0 Å². The van der Waals surface area contributed by atoms with Crippen molar-refractivity contribution in [2.45, 2.75) is 13.0 Å². The number of nitrogens with zero attached hydrogens (tertiary/aromatic N) is 1. The first-order valence-electron chi connectivity index (χ1n) is 7.10. The summed E-state index contributed by atoms with van der Waals surface area (Å²) in [6, 6.07) is 3.96. The standard InChI is InChI=1S/C16H15ClFN3O4/c1-8(16(24)25-2)21-7-10(18)6-13(15(21)23)20-14(22)9-3-4-12(19)11(17)5-9/h3-8H,19H2,1-2H3,(H,20,22). The first kappa shape index (κ1) is 18.5. The molecule has 1 aromatic carbocycles. The maximum absolute atomic E-state index is 13.8. The van der Waals surface area contributed by atoms with Gasteiger partial charge in [-0.3, -0.25) is 14.2 Å². The number of methoxy groups -OCH3 is 1. The average Bonchev–Trinajstić information content (AvgIpc) is 2.58. The van der Waals surface area contributed by atoms with Crippen molar-refractivity contribution in [3.8, 4) is 0 Å². The lowest BCUT2D eigenvalue weighted by atomic mass is 10.2. The number of carbonyl (C=O) groups excluding carboxylic acids is 2. The number of benzene rings is 1. The number of amides is 1. The molecule has 0 aliphatic rings. The monoisotopic (exact) mass is 367 g/mol. The van der Waals surface area contributed by atoms with E-state index in [2.05, 4.69) is 10.1 Å². The molecule has 1 aromatic heterocycles. The van der Waals surface area contributed by atoms with Crippen molar-refractivity contribution in [2.24, 2.45) is 0 Å². The van der Waals surface area contributed by atoms with Gasteiger partial charge in [0, 0.05) is 17.8 Å². The van der Waals surface area contributed by atoms with E-state index in [9.17, 15) is 18.8 Å². The Bertz CT molecular complexity index is 897. The summed E-state index contributed by atoms with van der Waals surface area (Å²) in [4.78, 5) is 36.2. The molecule has 1 unspecified atom stereocenters. The number of nitrogens with two attached hydrogens (primary N) is 1. The van der Waals surface area contributed by atoms with Crippen LogP contribution in [0, 0.1) is 5.82 Å². The number of nitrogen functional groups attached to an aromatic ring is 1. The highest BCUT2D eigenvalue weighted by Crippen LogP contribution is 2.20. The van der Waals surface area contributed by atoms with Crippen molar-refractivity contribution in [1.29, 1.82) is 0 Å². The summed E-state index contributed by atoms with van der Waals surface area (Å²) in [6.45, 7) is 1.37. The number of carbonyl (C=O) groups is 2. The van der Waals surface area contributed by atoms with E-state index in [1.165, 1.54) is 25.1 Å². The van der Waals surface area contributed by atoms with Crippen molar-refractivity contribution >= 4 is 34.9 Å². The van der Waals surface area contributed by atoms with Gasteiger partial charge in [0.25, 0.3) is 11.5 Å². The van der Waals surface area contributed by atoms with Crippen molar-refractivity contribution in [2.75, 3.05) is 18.2 Å². The van der Waals surface area contributed by atoms with Crippen LogP contribution in [0.3, 0.4) is 0 Å². The normalized spacial score (nSPS) is 11.7. The molecular weight excluding hydrogens is 353 g/mol. The summed E-state index contributed by atoms with van der Waals surface area (Å²) in [5.74, 6) is -2.21. The van der Waals surface area contributed by atoms with E-state index in [0.29, 0.717) is 5.69 Å². The van der Waals surface area contributed by atoms with Crippen molar-refractivity contribution in [3.05, 3.63) is 57.2 Å². The van der Waals surface area contributed by atoms with Crippen molar-refractivity contribution in [3.63, 3.8) is 0 Å². The molecule has 1 atom stereocenters. The smallest absolute Gasteiger partial charge is 0.328 e. The van der Waals surface area contributed by atoms with E-state index < -0.39 is 29.3 Å². The van der Waals surface area contributed by atoms with Crippen molar-refractivity contribution in [1.82, 2.24) is 4.57 Å². The minimum Gasteiger partial charge on any atom is -0.467 e. The number of aromatic nitrogens is 1. The maximum atomic E-state index is 13.8. The predicted octanol–water partition coefficient (Wildman–Crippen LogP) is 2.21. The Labute approximate surface area is 147 Å². The molecular formula is C16H15ClFN3O4. The van der Waals surface area contributed by atoms with Crippen LogP contribution in [0.5, 0.6) is 0 Å². The number of halogens is 2. The van der Waals surface area contributed by atoms with E-state index in [4.69, 9.17) is 17.3 Å². The third kappa shape index (κ3) is 3.97. The number of nitrogens with one attached hydrogen (secondary N) is 1. The van der Waals surface area contributed by atoms with Gasteiger partial charge in [-0.2, -0.15) is 0 Å². The molecule has 7 nitrogen and oxygen atoms in total. The molecule has 1 amide bonds. The van der Waals surface area contributed by atoms with Crippen LogP contribution in [0.15, 0.2) is 35.3 Å². The fourth-order valence-electron chi connectivity index (χ4n) is 2.09. The molecule has 132 valence electrons. The summed E-state index contributed by atoms with van der Waals surface area (Å²) in [7, 11) is 1.15. The summed E-state index contributed by atoms with van der Waals surface area (Å²) in [5.41, 5.74) is 4.91. The number of hydrogen-bond donors (Lipinski definition) is 2. The van der Waals surface area contributed by atoms with Crippen LogP contribution in [0.1, 0.15) is 23.3 Å². The Balaban J connectivity index is 2.38. The van der Waals surface area contributed by atoms with E-state index >= 15 is 0 Å². The molecule has 0 saturated carbocycles. The third-order valence-corrected chi connectivity index (χ3v) is 3.81. The molecule has 0 aliphatic heterocycles. The fourth-order valence-corrected chi connectivity index (χ4v) is 2.27. The van der Waals surface area contributed by atoms with Gasteiger partial charge < -0.3 is 15.8 Å². The number of hydrogen-bond acceptors (Lipinski definition) is 5. The maximum Gasteiger partial charge on any atom is 0.328 e. The zero-order valence-electron chi connectivity index (χ0n) is 13.4. The Morgan fingerprint density at radius 1 is 1.36 bits per heavy atom. The number of anilines is 2. The van der Waals surface area contributed by atoms with Gasteiger partial charge in [0.1, 0.15) is 17.5 Å². The van der Waals surface area contributed by atoms with Gasteiger partial charge in [0.15, 0.2) is 0 Å². The first-order valence-corrected chi connectivity index (χ1v) is 7.48. The summed E-state index contributed by atoms with van der Waals surface area (Å²) in [5, 5.41) is 2.47. The number of rotatable bonds is 4. The predicted molar refractivity (Wildman–Crippen MR) is 91.2 cm³/mol. The van der Waals surface area contributed by atoms with Crippen molar-refractivity contribution < 1.29 is 18.7 Å². The third-order valence-electron chi connectivity index (χ3n) is 3.48. The molecule has 3 N–H and O–H groups in total. The van der Waals surface area contributed by atoms with Gasteiger partial charge in [-0.1, -0.05) is 11.6 Å². The van der Waals surface area contributed by atoms with Gasteiger partial charge >= 0.3 is 5.97 Å². The molecule has 25 heavy (non-hydrogen) atoms. The minimum absolute atomic E-state index is 0.135. The zero-order valence-corrected chi connectivity index (χ0v) is 14.1. The Morgan fingerprint density at radius 3 is 2.64 bits per heavy atom. The SMILES string of the molecule is COC(=O)C(C)n1cc(F)cc(NC(=O)c2ccc(N)c(Cl)c2)c1=O. The number of esters is 1. The van der Waals surface area contributed by atoms with Crippen LogP contribution in [0.25, 0.3) is 0 Å². The summed E-state index contributed by atoms with van der Waals surface area (Å²) >= 11 is 5.85. The molecule has 0 aliphatic carbocycles. The van der Waals surface area contributed by atoms with Gasteiger partial charge in [-0.05, 0) is 25.1 Å². The highest BCUT2D eigenvalue weighted by atomic mass is 35.5. The molecule has 0 radical (unpaired) electrons. The molecule has 2 rings (SSSR count). The minimum atomic E-state index is -1.06. The highest BCUT2D eigenvalue weighted by molar-refractivity contribution is 6.33. The molecule has 0 bridgehead atoms. The number of pyridine rings is 1. The molecule has 9 heteroatoms. The van der Waals surface area contributed by atoms with E-state index in [-0.39, 0.29) is 16.3 Å². The summed E-state index contributed by atoms with van der Waals surface area (Å²) in [6.07, 6.45) is 0.861. The van der Waals surface area contributed by atoms with Gasteiger partial charge in [-0.25, -0.2) is 9.18 Å². The van der Waals surface area contributed by atoms with Crippen LogP contribution >= 0.6 is 11.6 Å². The summed E-state index contributed by atoms with van der Waals surface area (Å²) < 4.78 is 19.2. The number of ether oxygens (including phenoxy) is 1. The molecule has 0 spiro atoms. The largest absolute Gasteiger partial charge is 0.467 e. The fraction of sp³-hybridized carbons (Fsp3) is 0.188. The van der Waals surface area contributed by atoms with E-state index in [0.717, 1.165) is 23.9 Å². The topological polar surface area (TPSA) is 103 Å². The van der Waals surface area contributed by atoms with Crippen LogP contribution in [-0.2, 0) is 9.53 Å². The quantitative estimate of drug-likeness (QED) is 0.637. The van der Waals surface area contributed by atoms with Crippen LogP contribution in [-0.4, -0.2) is 23.6 Å². The molecule has 0 fully saturated rings. The van der Waals surface area contributed by atoms with E-state index in [1.54, 1.807) is 0 Å². The van der Waals surface area contributed by atoms with Gasteiger partial charge in [0.2, 0.25) is 0 Å². The lowest BCUT2D eigenvalue weighted by Crippen LogP contribution is -2.31. The molecule has 2 aromatic rings. The highest BCUT2D eigenvalue weighted by Gasteiger charge is 2.20. The van der Waals surface area contributed by atoms with Crippen LogP contribution in [0.2, 0.25) is 5.02 Å².